The second-order valence-corrected chi connectivity index (χ2v) is 5.44. The number of ether oxygens (including phenoxy) is 1. The fourth-order valence-corrected chi connectivity index (χ4v) is 3.22. The van der Waals surface area contributed by atoms with E-state index in [-0.39, 0.29) is 12.1 Å². The first kappa shape index (κ1) is 13.3. The number of nitrogens with one attached hydrogen (secondary N) is 1. The van der Waals surface area contributed by atoms with Crippen LogP contribution in [0, 0.1) is 0 Å². The summed E-state index contributed by atoms with van der Waals surface area (Å²) in [6.07, 6.45) is 5.79. The number of aliphatic hydroxyl groups is 1. The Kier molecular flexibility index (Phi) is 4.79. The molecule has 17 heavy (non-hydrogen) atoms. The van der Waals surface area contributed by atoms with Gasteiger partial charge in [-0.1, -0.05) is 0 Å². The van der Waals surface area contributed by atoms with Gasteiger partial charge < -0.3 is 15.2 Å². The smallest absolute Gasteiger partial charge is 0.0613 e. The van der Waals surface area contributed by atoms with Crippen molar-refractivity contribution < 1.29 is 9.84 Å². The Morgan fingerprint density at radius 1 is 1.35 bits per heavy atom. The van der Waals surface area contributed by atoms with Crippen molar-refractivity contribution in [3.8, 4) is 0 Å². The van der Waals surface area contributed by atoms with E-state index < -0.39 is 0 Å². The molecule has 2 fully saturated rings. The molecule has 4 heteroatoms. The molecular formula is C13H26N2O2. The lowest BCUT2D eigenvalue weighted by Gasteiger charge is -2.43. The molecule has 1 aliphatic heterocycles. The predicted octanol–water partition coefficient (Wildman–Crippen LogP) is 0.602. The van der Waals surface area contributed by atoms with Crippen molar-refractivity contribution in [3.63, 3.8) is 0 Å². The highest BCUT2D eigenvalue weighted by Crippen LogP contribution is 2.31. The SMILES string of the molecule is CNC1(CO)CCCC(N2CCCOCC2)C1. The first-order chi connectivity index (χ1) is 8.29. The van der Waals surface area contributed by atoms with Crippen LogP contribution in [0.25, 0.3) is 0 Å². The van der Waals surface area contributed by atoms with Gasteiger partial charge in [0.2, 0.25) is 0 Å². The minimum atomic E-state index is -0.0456. The van der Waals surface area contributed by atoms with Gasteiger partial charge >= 0.3 is 0 Å². The van der Waals surface area contributed by atoms with Crippen LogP contribution in [-0.2, 0) is 4.74 Å². The van der Waals surface area contributed by atoms with Gasteiger partial charge in [0.05, 0.1) is 13.2 Å². The van der Waals surface area contributed by atoms with E-state index in [1.165, 1.54) is 12.8 Å². The van der Waals surface area contributed by atoms with E-state index in [1.54, 1.807) is 0 Å². The average molecular weight is 242 g/mol. The lowest BCUT2D eigenvalue weighted by molar-refractivity contribution is 0.0606. The minimum absolute atomic E-state index is 0.0456. The van der Waals surface area contributed by atoms with E-state index in [2.05, 4.69) is 10.2 Å². The third-order valence-electron chi connectivity index (χ3n) is 4.43. The topological polar surface area (TPSA) is 44.7 Å². The van der Waals surface area contributed by atoms with Crippen molar-refractivity contribution in [3.05, 3.63) is 0 Å². The molecule has 2 rings (SSSR count). The summed E-state index contributed by atoms with van der Waals surface area (Å²) in [5.74, 6) is 0. The molecule has 0 aromatic rings. The van der Waals surface area contributed by atoms with Gasteiger partial charge in [0, 0.05) is 31.3 Å². The summed E-state index contributed by atoms with van der Waals surface area (Å²) in [5, 5.41) is 13.0. The highest BCUT2D eigenvalue weighted by atomic mass is 16.5. The van der Waals surface area contributed by atoms with Crippen LogP contribution in [0.4, 0.5) is 0 Å². The first-order valence-electron chi connectivity index (χ1n) is 6.91. The van der Waals surface area contributed by atoms with E-state index in [0.717, 1.165) is 45.6 Å². The lowest BCUT2D eigenvalue weighted by Crippen LogP contribution is -2.55. The molecule has 2 N–H and O–H groups in total. The largest absolute Gasteiger partial charge is 0.394 e. The van der Waals surface area contributed by atoms with Gasteiger partial charge in [0.25, 0.3) is 0 Å². The van der Waals surface area contributed by atoms with Gasteiger partial charge in [-0.05, 0) is 39.2 Å². The summed E-state index contributed by atoms with van der Waals surface area (Å²) in [6.45, 7) is 4.22. The fraction of sp³-hybridized carbons (Fsp3) is 1.00. The molecule has 2 unspecified atom stereocenters. The zero-order valence-corrected chi connectivity index (χ0v) is 11.0. The zero-order chi connectivity index (χ0) is 12.1. The molecule has 1 aliphatic carbocycles. The first-order valence-corrected chi connectivity index (χ1v) is 6.91. The van der Waals surface area contributed by atoms with E-state index in [4.69, 9.17) is 4.74 Å². The number of hydrogen-bond donors (Lipinski definition) is 2. The summed E-state index contributed by atoms with van der Waals surface area (Å²) < 4.78 is 5.51. The third kappa shape index (κ3) is 3.19. The fourth-order valence-electron chi connectivity index (χ4n) is 3.22. The number of nitrogens with zero attached hydrogens (tertiary/aromatic N) is 1. The average Bonchev–Trinajstić information content (AvgIpc) is 2.67. The second kappa shape index (κ2) is 6.14. The maximum atomic E-state index is 9.61. The van der Waals surface area contributed by atoms with Crippen LogP contribution in [0.15, 0.2) is 0 Å². The van der Waals surface area contributed by atoms with E-state index in [1.807, 2.05) is 7.05 Å². The number of aliphatic hydroxyl groups excluding tert-OH is 1. The molecule has 2 aliphatic rings. The van der Waals surface area contributed by atoms with Crippen LogP contribution in [0.3, 0.4) is 0 Å². The van der Waals surface area contributed by atoms with Crippen molar-refractivity contribution in [2.45, 2.75) is 43.7 Å². The van der Waals surface area contributed by atoms with Crippen LogP contribution < -0.4 is 5.32 Å². The van der Waals surface area contributed by atoms with Gasteiger partial charge in [-0.25, -0.2) is 0 Å². The van der Waals surface area contributed by atoms with Crippen molar-refractivity contribution >= 4 is 0 Å². The van der Waals surface area contributed by atoms with Crippen LogP contribution in [0.1, 0.15) is 32.1 Å². The summed E-state index contributed by atoms with van der Waals surface area (Å²) in [5.41, 5.74) is -0.0456. The normalized spacial score (nSPS) is 36.7. The van der Waals surface area contributed by atoms with Gasteiger partial charge in [-0.3, -0.25) is 4.90 Å². The predicted molar refractivity (Wildman–Crippen MR) is 68.1 cm³/mol. The summed E-state index contributed by atoms with van der Waals surface area (Å²) in [7, 11) is 1.98. The lowest BCUT2D eigenvalue weighted by atomic mass is 9.79. The number of rotatable bonds is 3. The van der Waals surface area contributed by atoms with Gasteiger partial charge in [0.1, 0.15) is 0 Å². The van der Waals surface area contributed by atoms with Crippen molar-refractivity contribution in [1.82, 2.24) is 10.2 Å². The standard InChI is InChI=1S/C13H26N2O2/c1-14-13(11-16)5-2-4-12(10-13)15-6-3-8-17-9-7-15/h12,14,16H,2-11H2,1H3. The molecule has 2 atom stereocenters. The van der Waals surface area contributed by atoms with Gasteiger partial charge in [0.15, 0.2) is 0 Å². The van der Waals surface area contributed by atoms with Crippen molar-refractivity contribution in [2.24, 2.45) is 0 Å². The molecule has 1 heterocycles. The Balaban J connectivity index is 1.95. The highest BCUT2D eigenvalue weighted by Gasteiger charge is 2.36. The van der Waals surface area contributed by atoms with Gasteiger partial charge in [-0.15, -0.1) is 0 Å². The van der Waals surface area contributed by atoms with Crippen molar-refractivity contribution in [1.29, 1.82) is 0 Å². The van der Waals surface area contributed by atoms with Gasteiger partial charge in [-0.2, -0.15) is 0 Å². The maximum Gasteiger partial charge on any atom is 0.0613 e. The molecule has 0 spiro atoms. The highest BCUT2D eigenvalue weighted by molar-refractivity contribution is 4.95. The molecule has 1 saturated carbocycles. The van der Waals surface area contributed by atoms with Crippen LogP contribution in [0.2, 0.25) is 0 Å². The Morgan fingerprint density at radius 3 is 3.00 bits per heavy atom. The molecule has 100 valence electrons. The van der Waals surface area contributed by atoms with Crippen molar-refractivity contribution in [2.75, 3.05) is 40.0 Å². The third-order valence-corrected chi connectivity index (χ3v) is 4.43. The van der Waals surface area contributed by atoms with E-state index >= 15 is 0 Å². The minimum Gasteiger partial charge on any atom is -0.394 e. The Morgan fingerprint density at radius 2 is 2.24 bits per heavy atom. The maximum absolute atomic E-state index is 9.61. The Labute approximate surface area is 104 Å². The molecule has 0 aromatic heterocycles. The molecule has 0 aromatic carbocycles. The molecule has 1 saturated heterocycles. The second-order valence-electron chi connectivity index (χ2n) is 5.44. The zero-order valence-electron chi connectivity index (χ0n) is 11.0. The molecule has 0 radical (unpaired) electrons. The van der Waals surface area contributed by atoms with Crippen LogP contribution in [-0.4, -0.2) is 61.5 Å². The number of likely N-dealkylation sites (N-methyl/N-ethyl adjacent to an activating group) is 1. The molecule has 0 bridgehead atoms. The molecule has 0 amide bonds. The van der Waals surface area contributed by atoms with Crippen LogP contribution in [0.5, 0.6) is 0 Å². The Hall–Kier alpha value is -0.160. The summed E-state index contributed by atoms with van der Waals surface area (Å²) in [4.78, 5) is 2.56. The van der Waals surface area contributed by atoms with E-state index in [9.17, 15) is 5.11 Å². The molecular weight excluding hydrogens is 216 g/mol. The van der Waals surface area contributed by atoms with Crippen LogP contribution >= 0.6 is 0 Å². The quantitative estimate of drug-likeness (QED) is 0.761. The van der Waals surface area contributed by atoms with E-state index in [0.29, 0.717) is 6.04 Å². The monoisotopic (exact) mass is 242 g/mol. The summed E-state index contributed by atoms with van der Waals surface area (Å²) >= 11 is 0. The number of hydrogen-bond acceptors (Lipinski definition) is 4. The molecule has 4 nitrogen and oxygen atoms in total. The summed E-state index contributed by atoms with van der Waals surface area (Å²) in [6, 6.07) is 0.616. The Bertz CT molecular complexity index is 223.